The zero-order valence-electron chi connectivity index (χ0n) is 16.8. The average molecular weight is 453 g/mol. The number of ether oxygens (including phenoxy) is 1. The lowest BCUT2D eigenvalue weighted by Gasteiger charge is -2.30. The van der Waals surface area contributed by atoms with Crippen molar-refractivity contribution in [3.05, 3.63) is 40.0 Å². The van der Waals surface area contributed by atoms with E-state index >= 15 is 0 Å². The highest BCUT2D eigenvalue weighted by Gasteiger charge is 2.36. The molecule has 0 saturated carbocycles. The largest absolute Gasteiger partial charge is 0.376 e. The second kappa shape index (κ2) is 8.72. The van der Waals surface area contributed by atoms with E-state index in [1.807, 2.05) is 6.92 Å². The van der Waals surface area contributed by atoms with Gasteiger partial charge in [-0.1, -0.05) is 0 Å². The second-order valence-electron chi connectivity index (χ2n) is 7.93. The van der Waals surface area contributed by atoms with Crippen molar-refractivity contribution in [2.45, 2.75) is 44.8 Å². The lowest BCUT2D eigenvalue weighted by atomic mass is 10.1. The lowest BCUT2D eigenvalue weighted by Crippen LogP contribution is -2.45. The third-order valence-corrected chi connectivity index (χ3v) is 8.35. The summed E-state index contributed by atoms with van der Waals surface area (Å²) in [5.74, 6) is -0.307. The maximum absolute atomic E-state index is 13.3. The van der Waals surface area contributed by atoms with Crippen molar-refractivity contribution in [3.63, 3.8) is 0 Å². The van der Waals surface area contributed by atoms with Gasteiger partial charge < -0.3 is 9.64 Å². The molecule has 162 valence electrons. The minimum absolute atomic E-state index is 0.0119. The summed E-state index contributed by atoms with van der Waals surface area (Å²) >= 11 is 1.44. The van der Waals surface area contributed by atoms with Gasteiger partial charge >= 0.3 is 0 Å². The number of rotatable bonds is 6. The Labute approximate surface area is 180 Å². The van der Waals surface area contributed by atoms with Gasteiger partial charge in [0, 0.05) is 29.6 Å². The number of amides is 1. The van der Waals surface area contributed by atoms with Crippen molar-refractivity contribution in [2.24, 2.45) is 0 Å². The van der Waals surface area contributed by atoms with Crippen LogP contribution in [0.4, 0.5) is 4.39 Å². The molecule has 30 heavy (non-hydrogen) atoms. The number of sulfone groups is 1. The normalized spacial score (nSPS) is 23.0. The number of hydrogen-bond donors (Lipinski definition) is 0. The van der Waals surface area contributed by atoms with Gasteiger partial charge in [0.15, 0.2) is 9.84 Å². The first-order chi connectivity index (χ1) is 14.3. The molecule has 2 unspecified atom stereocenters. The molecular formula is C21H25FN2O4S2. The zero-order chi connectivity index (χ0) is 21.3. The first-order valence-corrected chi connectivity index (χ1v) is 12.8. The van der Waals surface area contributed by atoms with E-state index in [0.29, 0.717) is 25.3 Å². The van der Waals surface area contributed by atoms with Crippen LogP contribution in [0.3, 0.4) is 0 Å². The van der Waals surface area contributed by atoms with Crippen molar-refractivity contribution in [3.8, 4) is 11.3 Å². The number of carbonyl (C=O) groups is 1. The molecule has 9 heteroatoms. The summed E-state index contributed by atoms with van der Waals surface area (Å²) in [6, 6.07) is 5.76. The Hall–Kier alpha value is -1.84. The number of hydrogen-bond acceptors (Lipinski definition) is 6. The van der Waals surface area contributed by atoms with Crippen LogP contribution in [0.15, 0.2) is 24.3 Å². The summed E-state index contributed by atoms with van der Waals surface area (Å²) in [7, 11) is -3.11. The molecule has 2 aliphatic rings. The van der Waals surface area contributed by atoms with Gasteiger partial charge in [-0.15, -0.1) is 11.3 Å². The topological polar surface area (TPSA) is 76.6 Å². The van der Waals surface area contributed by atoms with Crippen molar-refractivity contribution in [1.29, 1.82) is 0 Å². The minimum Gasteiger partial charge on any atom is -0.376 e. The molecular weight excluding hydrogens is 427 g/mol. The monoisotopic (exact) mass is 452 g/mol. The fourth-order valence-electron chi connectivity index (χ4n) is 4.14. The van der Waals surface area contributed by atoms with Crippen LogP contribution in [0, 0.1) is 12.7 Å². The average Bonchev–Trinajstić information content (AvgIpc) is 3.41. The highest BCUT2D eigenvalue weighted by molar-refractivity contribution is 7.91. The number of carbonyl (C=O) groups excluding carboxylic acids is 1. The van der Waals surface area contributed by atoms with Crippen LogP contribution in [0.25, 0.3) is 11.3 Å². The molecule has 6 nitrogen and oxygen atoms in total. The predicted molar refractivity (Wildman–Crippen MR) is 114 cm³/mol. The minimum atomic E-state index is -3.11. The number of halogens is 1. The Morgan fingerprint density at radius 3 is 2.70 bits per heavy atom. The third-order valence-electron chi connectivity index (χ3n) is 5.63. The molecule has 0 N–H and O–H groups in total. The number of aromatic nitrogens is 1. The van der Waals surface area contributed by atoms with Crippen molar-refractivity contribution >= 4 is 27.1 Å². The van der Waals surface area contributed by atoms with Gasteiger partial charge in [-0.25, -0.2) is 17.8 Å². The SMILES string of the molecule is Cc1nc(-c2ccc(F)cc2)c(CC(=O)N(CC2CCCO2)C2CCS(=O)(=O)C2)s1. The van der Waals surface area contributed by atoms with Gasteiger partial charge in [-0.3, -0.25) is 4.79 Å². The van der Waals surface area contributed by atoms with Crippen molar-refractivity contribution in [1.82, 2.24) is 9.88 Å². The fraction of sp³-hybridized carbons (Fsp3) is 0.524. The van der Waals surface area contributed by atoms with Crippen LogP contribution < -0.4 is 0 Å². The molecule has 0 bridgehead atoms. The van der Waals surface area contributed by atoms with Crippen LogP contribution >= 0.6 is 11.3 Å². The number of aryl methyl sites for hydroxylation is 1. The summed E-state index contributed by atoms with van der Waals surface area (Å²) in [6.45, 7) is 2.97. The molecule has 1 amide bonds. The van der Waals surface area contributed by atoms with Gasteiger partial charge in [0.1, 0.15) is 5.82 Å². The Bertz CT molecular complexity index is 1010. The zero-order valence-corrected chi connectivity index (χ0v) is 18.5. The summed E-state index contributed by atoms with van der Waals surface area (Å²) in [5, 5.41) is 0.825. The van der Waals surface area contributed by atoms with E-state index in [2.05, 4.69) is 4.98 Å². The van der Waals surface area contributed by atoms with E-state index in [9.17, 15) is 17.6 Å². The van der Waals surface area contributed by atoms with E-state index < -0.39 is 9.84 Å². The van der Waals surface area contributed by atoms with Crippen LogP contribution in [-0.4, -0.2) is 61.0 Å². The van der Waals surface area contributed by atoms with E-state index in [1.54, 1.807) is 17.0 Å². The second-order valence-corrected chi connectivity index (χ2v) is 11.4. The van der Waals surface area contributed by atoms with Gasteiger partial charge in [0.25, 0.3) is 0 Å². The van der Waals surface area contributed by atoms with E-state index in [4.69, 9.17) is 4.74 Å². The molecule has 2 fully saturated rings. The van der Waals surface area contributed by atoms with Gasteiger partial charge in [0.2, 0.25) is 5.91 Å². The van der Waals surface area contributed by atoms with Crippen molar-refractivity contribution in [2.75, 3.05) is 24.7 Å². The van der Waals surface area contributed by atoms with Crippen LogP contribution in [0.2, 0.25) is 0 Å². The smallest absolute Gasteiger partial charge is 0.228 e. The Kier molecular flexibility index (Phi) is 6.22. The molecule has 0 radical (unpaired) electrons. The first kappa shape index (κ1) is 21.4. The van der Waals surface area contributed by atoms with Gasteiger partial charge in [0.05, 0.1) is 34.7 Å². The Morgan fingerprint density at radius 2 is 2.07 bits per heavy atom. The summed E-state index contributed by atoms with van der Waals surface area (Å²) in [6.07, 6.45) is 2.40. The maximum atomic E-state index is 13.3. The third kappa shape index (κ3) is 4.90. The molecule has 2 saturated heterocycles. The summed E-state index contributed by atoms with van der Waals surface area (Å²) in [5.41, 5.74) is 1.44. The van der Waals surface area contributed by atoms with Crippen LogP contribution in [0.1, 0.15) is 29.1 Å². The quantitative estimate of drug-likeness (QED) is 0.674. The van der Waals surface area contributed by atoms with Gasteiger partial charge in [-0.05, 0) is 50.5 Å². The molecule has 1 aromatic carbocycles. The van der Waals surface area contributed by atoms with E-state index in [-0.39, 0.29) is 41.8 Å². The highest BCUT2D eigenvalue weighted by Crippen LogP contribution is 2.30. The molecule has 1 aromatic heterocycles. The highest BCUT2D eigenvalue weighted by atomic mass is 32.2. The number of benzene rings is 1. The summed E-state index contributed by atoms with van der Waals surface area (Å²) in [4.78, 5) is 20.4. The Balaban J connectivity index is 1.57. The maximum Gasteiger partial charge on any atom is 0.228 e. The number of thiazole rings is 1. The molecule has 3 heterocycles. The standard InChI is InChI=1S/C21H25FN2O4S2/c1-14-23-21(15-4-6-16(22)7-5-15)19(29-14)11-20(25)24(12-18-3-2-9-28-18)17-8-10-30(26,27)13-17/h4-7,17-18H,2-3,8-13H2,1H3. The lowest BCUT2D eigenvalue weighted by molar-refractivity contribution is -0.134. The molecule has 4 rings (SSSR count). The molecule has 0 spiro atoms. The van der Waals surface area contributed by atoms with E-state index in [0.717, 1.165) is 28.3 Å². The van der Waals surface area contributed by atoms with Crippen molar-refractivity contribution < 1.29 is 22.3 Å². The number of nitrogens with zero attached hydrogens (tertiary/aromatic N) is 2. The van der Waals surface area contributed by atoms with Crippen LogP contribution in [0.5, 0.6) is 0 Å². The Morgan fingerprint density at radius 1 is 1.30 bits per heavy atom. The molecule has 2 atom stereocenters. The summed E-state index contributed by atoms with van der Waals surface area (Å²) < 4.78 is 43.1. The predicted octanol–water partition coefficient (Wildman–Crippen LogP) is 2.99. The first-order valence-electron chi connectivity index (χ1n) is 10.1. The molecule has 2 aromatic rings. The molecule has 0 aliphatic carbocycles. The van der Waals surface area contributed by atoms with Gasteiger partial charge in [-0.2, -0.15) is 0 Å². The van der Waals surface area contributed by atoms with E-state index in [1.165, 1.54) is 23.5 Å². The van der Waals surface area contributed by atoms with Crippen LogP contribution in [-0.2, 0) is 25.8 Å². The fourth-order valence-corrected chi connectivity index (χ4v) is 6.82. The molecule has 2 aliphatic heterocycles.